The van der Waals surface area contributed by atoms with E-state index in [1.807, 2.05) is 0 Å². The quantitative estimate of drug-likeness (QED) is 0.915. The van der Waals surface area contributed by atoms with Gasteiger partial charge in [-0.2, -0.15) is 5.10 Å². The molecule has 1 aliphatic heterocycles. The van der Waals surface area contributed by atoms with Crippen molar-refractivity contribution in [2.75, 3.05) is 24.5 Å². The summed E-state index contributed by atoms with van der Waals surface area (Å²) in [6.07, 6.45) is 1.19. The maximum absolute atomic E-state index is 4.38. The summed E-state index contributed by atoms with van der Waals surface area (Å²) in [6.45, 7) is 5.92. The molecule has 0 spiro atoms. The van der Waals surface area contributed by atoms with Crippen molar-refractivity contribution in [2.24, 2.45) is 0 Å². The van der Waals surface area contributed by atoms with Crippen molar-refractivity contribution in [1.29, 1.82) is 0 Å². The van der Waals surface area contributed by atoms with E-state index in [9.17, 15) is 0 Å². The van der Waals surface area contributed by atoms with Gasteiger partial charge in [-0.1, -0.05) is 37.3 Å². The largest absolute Gasteiger partial charge is 0.354 e. The molecule has 1 fully saturated rings. The molecule has 3 rings (SSSR count). The minimum atomic E-state index is 0.606. The molecule has 1 aromatic heterocycles. The molecule has 1 N–H and O–H groups in total. The molecule has 110 valence electrons. The number of aromatic nitrogens is 2. The molecule has 2 aromatic rings. The van der Waals surface area contributed by atoms with E-state index in [4.69, 9.17) is 0 Å². The number of rotatable bonds is 5. The summed E-state index contributed by atoms with van der Waals surface area (Å²) in [5, 5.41) is 11.9. The smallest absolute Gasteiger partial charge is 0.151 e. The van der Waals surface area contributed by atoms with Crippen molar-refractivity contribution in [1.82, 2.24) is 15.5 Å². The van der Waals surface area contributed by atoms with E-state index in [0.29, 0.717) is 5.92 Å². The average molecular weight is 282 g/mol. The maximum Gasteiger partial charge on any atom is 0.151 e. The Morgan fingerprint density at radius 1 is 1.14 bits per heavy atom. The molecular formula is C17H22N4. The van der Waals surface area contributed by atoms with Gasteiger partial charge in [0.05, 0.1) is 5.69 Å². The van der Waals surface area contributed by atoms with Crippen LogP contribution in [0, 0.1) is 0 Å². The van der Waals surface area contributed by atoms with Crippen LogP contribution in [0.25, 0.3) is 0 Å². The average Bonchev–Trinajstić information content (AvgIpc) is 3.04. The third-order valence-corrected chi connectivity index (χ3v) is 4.05. The zero-order valence-corrected chi connectivity index (χ0v) is 12.5. The highest BCUT2D eigenvalue weighted by Gasteiger charge is 2.24. The molecule has 0 bridgehead atoms. The zero-order valence-electron chi connectivity index (χ0n) is 12.5. The Kier molecular flexibility index (Phi) is 4.46. The Labute approximate surface area is 126 Å². The molecule has 0 amide bonds. The highest BCUT2D eigenvalue weighted by molar-refractivity contribution is 5.40. The third kappa shape index (κ3) is 3.39. The number of nitrogens with one attached hydrogen (secondary N) is 1. The SMILES string of the molecule is CCNCc1ccc(N2CCC(c3ccccc3)C2)nn1. The van der Waals surface area contributed by atoms with Crippen molar-refractivity contribution in [3.8, 4) is 0 Å². The van der Waals surface area contributed by atoms with Crippen LogP contribution in [0.5, 0.6) is 0 Å². The standard InChI is InChI=1S/C17H22N4/c1-2-18-12-16-8-9-17(20-19-16)21-11-10-15(13-21)14-6-4-3-5-7-14/h3-9,15,18H,2,10-13H2,1H3. The van der Waals surface area contributed by atoms with Crippen molar-refractivity contribution in [3.63, 3.8) is 0 Å². The Morgan fingerprint density at radius 2 is 2.00 bits per heavy atom. The van der Waals surface area contributed by atoms with Gasteiger partial charge in [0.15, 0.2) is 5.82 Å². The van der Waals surface area contributed by atoms with Crippen LogP contribution in [0.2, 0.25) is 0 Å². The molecule has 2 heterocycles. The second-order valence-electron chi connectivity index (χ2n) is 5.51. The lowest BCUT2D eigenvalue weighted by Gasteiger charge is -2.17. The first kappa shape index (κ1) is 14.0. The van der Waals surface area contributed by atoms with Crippen LogP contribution in [0.15, 0.2) is 42.5 Å². The zero-order chi connectivity index (χ0) is 14.5. The van der Waals surface area contributed by atoms with Crippen LogP contribution in [0.1, 0.15) is 30.5 Å². The fraction of sp³-hybridized carbons (Fsp3) is 0.412. The lowest BCUT2D eigenvalue weighted by atomic mass is 9.99. The number of hydrogen-bond acceptors (Lipinski definition) is 4. The summed E-state index contributed by atoms with van der Waals surface area (Å²) in [5.41, 5.74) is 2.43. The normalized spacial score (nSPS) is 18.1. The fourth-order valence-corrected chi connectivity index (χ4v) is 2.83. The lowest BCUT2D eigenvalue weighted by molar-refractivity contribution is 0.696. The van der Waals surface area contributed by atoms with E-state index in [0.717, 1.165) is 37.7 Å². The molecule has 4 heteroatoms. The summed E-state index contributed by atoms with van der Waals surface area (Å²) in [5.74, 6) is 1.60. The van der Waals surface area contributed by atoms with Crippen LogP contribution in [-0.2, 0) is 6.54 Å². The van der Waals surface area contributed by atoms with E-state index in [-0.39, 0.29) is 0 Å². The second-order valence-corrected chi connectivity index (χ2v) is 5.51. The summed E-state index contributed by atoms with van der Waals surface area (Å²) >= 11 is 0. The van der Waals surface area contributed by atoms with Gasteiger partial charge in [-0.25, -0.2) is 0 Å². The molecule has 0 saturated carbocycles. The summed E-state index contributed by atoms with van der Waals surface area (Å²) < 4.78 is 0. The monoisotopic (exact) mass is 282 g/mol. The number of anilines is 1. The highest BCUT2D eigenvalue weighted by Crippen LogP contribution is 2.29. The Morgan fingerprint density at radius 3 is 2.71 bits per heavy atom. The van der Waals surface area contributed by atoms with E-state index in [1.165, 1.54) is 12.0 Å². The molecule has 1 saturated heterocycles. The molecule has 1 aliphatic rings. The van der Waals surface area contributed by atoms with Gasteiger partial charge in [0.2, 0.25) is 0 Å². The number of benzene rings is 1. The predicted molar refractivity (Wildman–Crippen MR) is 85.4 cm³/mol. The first-order valence-corrected chi connectivity index (χ1v) is 7.70. The molecule has 1 aromatic carbocycles. The molecule has 4 nitrogen and oxygen atoms in total. The molecule has 0 aliphatic carbocycles. The molecule has 21 heavy (non-hydrogen) atoms. The molecular weight excluding hydrogens is 260 g/mol. The van der Waals surface area contributed by atoms with Gasteiger partial charge in [-0.3, -0.25) is 0 Å². The minimum Gasteiger partial charge on any atom is -0.354 e. The van der Waals surface area contributed by atoms with Crippen LogP contribution < -0.4 is 10.2 Å². The molecule has 0 radical (unpaired) electrons. The Bertz CT molecular complexity index is 553. The second kappa shape index (κ2) is 6.68. The van der Waals surface area contributed by atoms with Crippen LogP contribution in [-0.4, -0.2) is 29.8 Å². The van der Waals surface area contributed by atoms with E-state index < -0.39 is 0 Å². The molecule has 1 unspecified atom stereocenters. The first-order valence-electron chi connectivity index (χ1n) is 7.70. The Hall–Kier alpha value is -1.94. The van der Waals surface area contributed by atoms with Crippen molar-refractivity contribution >= 4 is 5.82 Å². The summed E-state index contributed by atoms with van der Waals surface area (Å²) in [6, 6.07) is 14.9. The van der Waals surface area contributed by atoms with Crippen molar-refractivity contribution in [2.45, 2.75) is 25.8 Å². The van der Waals surface area contributed by atoms with Gasteiger partial charge >= 0.3 is 0 Å². The van der Waals surface area contributed by atoms with E-state index in [1.54, 1.807) is 0 Å². The Balaban J connectivity index is 1.63. The van der Waals surface area contributed by atoms with Gasteiger partial charge in [0, 0.05) is 25.6 Å². The summed E-state index contributed by atoms with van der Waals surface area (Å²) in [7, 11) is 0. The first-order chi connectivity index (χ1) is 10.4. The van der Waals surface area contributed by atoms with Gasteiger partial charge < -0.3 is 10.2 Å². The van der Waals surface area contributed by atoms with Gasteiger partial charge in [-0.05, 0) is 30.7 Å². The highest BCUT2D eigenvalue weighted by atomic mass is 15.3. The fourth-order valence-electron chi connectivity index (χ4n) is 2.83. The third-order valence-electron chi connectivity index (χ3n) is 4.05. The predicted octanol–water partition coefficient (Wildman–Crippen LogP) is 2.58. The number of hydrogen-bond donors (Lipinski definition) is 1. The number of nitrogens with zero attached hydrogens (tertiary/aromatic N) is 3. The lowest BCUT2D eigenvalue weighted by Crippen LogP contribution is -2.21. The molecule has 1 atom stereocenters. The van der Waals surface area contributed by atoms with Crippen LogP contribution in [0.4, 0.5) is 5.82 Å². The van der Waals surface area contributed by atoms with E-state index >= 15 is 0 Å². The van der Waals surface area contributed by atoms with Crippen molar-refractivity contribution in [3.05, 3.63) is 53.7 Å². The van der Waals surface area contributed by atoms with Crippen LogP contribution in [0.3, 0.4) is 0 Å². The van der Waals surface area contributed by atoms with Gasteiger partial charge in [0.1, 0.15) is 0 Å². The minimum absolute atomic E-state index is 0.606. The van der Waals surface area contributed by atoms with Gasteiger partial charge in [0.25, 0.3) is 0 Å². The summed E-state index contributed by atoms with van der Waals surface area (Å²) in [4.78, 5) is 2.34. The van der Waals surface area contributed by atoms with Gasteiger partial charge in [-0.15, -0.1) is 5.10 Å². The van der Waals surface area contributed by atoms with Crippen LogP contribution >= 0.6 is 0 Å². The topological polar surface area (TPSA) is 41.0 Å². The van der Waals surface area contributed by atoms with E-state index in [2.05, 4.69) is 69.8 Å². The van der Waals surface area contributed by atoms with Crippen molar-refractivity contribution < 1.29 is 0 Å². The maximum atomic E-state index is 4.38.